The molecule has 2 heteroatoms. The zero-order valence-corrected chi connectivity index (χ0v) is 17.1. The van der Waals surface area contributed by atoms with Gasteiger partial charge in [0.25, 0.3) is 0 Å². The number of ketones is 2. The van der Waals surface area contributed by atoms with Crippen LogP contribution in [0.4, 0.5) is 0 Å². The van der Waals surface area contributed by atoms with Gasteiger partial charge in [0.1, 0.15) is 0 Å². The molecule has 3 aromatic carbocycles. The Labute approximate surface area is 178 Å². The Morgan fingerprint density at radius 3 is 1.37 bits per heavy atom. The highest BCUT2D eigenvalue weighted by Crippen LogP contribution is 2.17. The van der Waals surface area contributed by atoms with Gasteiger partial charge in [-0.2, -0.15) is 0 Å². The van der Waals surface area contributed by atoms with Crippen molar-refractivity contribution in [3.63, 3.8) is 0 Å². The minimum Gasteiger partial charge on any atom is -0.294 e. The van der Waals surface area contributed by atoms with Gasteiger partial charge in [-0.15, -0.1) is 0 Å². The molecule has 0 radical (unpaired) electrons. The molecule has 6 bridgehead atoms. The Morgan fingerprint density at radius 1 is 0.500 bits per heavy atom. The summed E-state index contributed by atoms with van der Waals surface area (Å²) in [4.78, 5) is 24.8. The number of Topliss-reactive ketones (excluding diaryl/α,β-unsaturated/α-hetero) is 2. The molecule has 0 N–H and O–H groups in total. The Hall–Kier alpha value is -3.26. The third kappa shape index (κ3) is 5.21. The Kier molecular flexibility index (Phi) is 6.34. The highest BCUT2D eigenvalue weighted by molar-refractivity contribution is 5.96. The first kappa shape index (κ1) is 20.0. The maximum absolute atomic E-state index is 12.4. The van der Waals surface area contributed by atoms with E-state index in [0.29, 0.717) is 25.7 Å². The van der Waals surface area contributed by atoms with Crippen LogP contribution in [0.1, 0.15) is 68.7 Å². The molecule has 4 aliphatic rings. The number of allylic oxidation sites excluding steroid dienone is 2. The van der Waals surface area contributed by atoms with Crippen molar-refractivity contribution in [2.75, 3.05) is 0 Å². The minimum atomic E-state index is 0.162. The van der Waals surface area contributed by atoms with Crippen molar-refractivity contribution in [2.24, 2.45) is 0 Å². The van der Waals surface area contributed by atoms with E-state index in [-0.39, 0.29) is 11.6 Å². The summed E-state index contributed by atoms with van der Waals surface area (Å²) in [6.45, 7) is 0. The van der Waals surface area contributed by atoms with Gasteiger partial charge in [0.05, 0.1) is 0 Å². The topological polar surface area (TPSA) is 34.1 Å². The number of rotatable bonds is 0. The molecular formula is C28H26O2. The zero-order chi connectivity index (χ0) is 20.8. The van der Waals surface area contributed by atoms with Gasteiger partial charge in [0, 0.05) is 24.0 Å². The monoisotopic (exact) mass is 394 g/mol. The predicted molar refractivity (Wildman–Crippen MR) is 121 cm³/mol. The molecule has 0 atom stereocenters. The van der Waals surface area contributed by atoms with Gasteiger partial charge in [-0.1, -0.05) is 84.9 Å². The standard InChI is InChI=1S/C28H26O2/c29-27-8-3-1-2-4-9-28(30)26-16-12-22(13-17-26)19-24-7-5-6-23(20-24)18-21-10-14-25(27)15-11-21/h1-2,5-7,10-17,20H,3-4,8-9,18-19H2/b2-1-. The summed E-state index contributed by atoms with van der Waals surface area (Å²) in [5.41, 5.74) is 6.46. The van der Waals surface area contributed by atoms with Gasteiger partial charge in [0.2, 0.25) is 0 Å². The maximum Gasteiger partial charge on any atom is 0.163 e. The Bertz CT molecular complexity index is 974. The summed E-state index contributed by atoms with van der Waals surface area (Å²) in [7, 11) is 0. The lowest BCUT2D eigenvalue weighted by atomic mass is 9.97. The summed E-state index contributed by atoms with van der Waals surface area (Å²) in [6.07, 6.45) is 8.11. The van der Waals surface area contributed by atoms with Gasteiger partial charge >= 0.3 is 0 Å². The number of benzene rings is 3. The van der Waals surface area contributed by atoms with Crippen molar-refractivity contribution in [1.29, 1.82) is 0 Å². The van der Waals surface area contributed by atoms with Crippen molar-refractivity contribution >= 4 is 11.6 Å². The van der Waals surface area contributed by atoms with Crippen LogP contribution < -0.4 is 0 Å². The van der Waals surface area contributed by atoms with E-state index in [0.717, 1.165) is 24.0 Å². The average Bonchev–Trinajstić information content (AvgIpc) is 2.76. The second-order valence-corrected chi connectivity index (χ2v) is 7.96. The molecule has 3 aromatic rings. The first-order valence-corrected chi connectivity index (χ1v) is 10.6. The largest absolute Gasteiger partial charge is 0.294 e. The summed E-state index contributed by atoms with van der Waals surface area (Å²) in [5.74, 6) is 0.324. The summed E-state index contributed by atoms with van der Waals surface area (Å²) < 4.78 is 0. The summed E-state index contributed by atoms with van der Waals surface area (Å²) in [5, 5.41) is 0. The van der Waals surface area contributed by atoms with Crippen LogP contribution >= 0.6 is 0 Å². The third-order valence-electron chi connectivity index (χ3n) is 5.60. The first-order chi connectivity index (χ1) is 14.7. The molecule has 30 heavy (non-hydrogen) atoms. The molecule has 0 fully saturated rings. The van der Waals surface area contributed by atoms with Gasteiger partial charge in [-0.3, -0.25) is 9.59 Å². The molecule has 7 rings (SSSR count). The van der Waals surface area contributed by atoms with Crippen LogP contribution in [0.2, 0.25) is 0 Å². The molecule has 0 amide bonds. The smallest absolute Gasteiger partial charge is 0.163 e. The van der Waals surface area contributed by atoms with Crippen LogP contribution in [0.25, 0.3) is 0 Å². The quantitative estimate of drug-likeness (QED) is 0.416. The molecule has 0 saturated carbocycles. The second kappa shape index (κ2) is 9.49. The number of carbonyl (C=O) groups is 2. The molecule has 0 aromatic heterocycles. The van der Waals surface area contributed by atoms with E-state index in [9.17, 15) is 9.59 Å². The molecule has 0 heterocycles. The van der Waals surface area contributed by atoms with Crippen molar-refractivity contribution in [2.45, 2.75) is 38.5 Å². The van der Waals surface area contributed by atoms with Crippen molar-refractivity contribution in [3.8, 4) is 0 Å². The molecule has 150 valence electrons. The molecule has 0 saturated heterocycles. The van der Waals surface area contributed by atoms with E-state index < -0.39 is 0 Å². The van der Waals surface area contributed by atoms with Crippen LogP contribution in [0.3, 0.4) is 0 Å². The van der Waals surface area contributed by atoms with Gasteiger partial charge in [0.15, 0.2) is 11.6 Å². The molecule has 0 unspecified atom stereocenters. The lowest BCUT2D eigenvalue weighted by Crippen LogP contribution is -1.99. The lowest BCUT2D eigenvalue weighted by Gasteiger charge is -2.08. The van der Waals surface area contributed by atoms with Crippen molar-refractivity contribution in [1.82, 2.24) is 0 Å². The average molecular weight is 395 g/mol. The highest BCUT2D eigenvalue weighted by Gasteiger charge is 2.08. The van der Waals surface area contributed by atoms with Gasteiger partial charge in [-0.25, -0.2) is 0 Å². The fraction of sp³-hybridized carbons (Fsp3) is 0.214. The minimum absolute atomic E-state index is 0.162. The maximum atomic E-state index is 12.4. The van der Waals surface area contributed by atoms with E-state index >= 15 is 0 Å². The normalized spacial score (nSPS) is 16.3. The predicted octanol–water partition coefficient (Wildman–Crippen LogP) is 6.36. The van der Waals surface area contributed by atoms with Crippen LogP contribution in [-0.2, 0) is 12.8 Å². The molecule has 4 aliphatic carbocycles. The van der Waals surface area contributed by atoms with Crippen LogP contribution in [0, 0.1) is 0 Å². The fourth-order valence-corrected chi connectivity index (χ4v) is 3.89. The van der Waals surface area contributed by atoms with E-state index in [1.165, 1.54) is 22.3 Å². The first-order valence-electron chi connectivity index (χ1n) is 10.6. The fourth-order valence-electron chi connectivity index (χ4n) is 3.89. The van der Waals surface area contributed by atoms with E-state index in [1.807, 2.05) is 36.4 Å². The molecule has 0 spiro atoms. The van der Waals surface area contributed by atoms with E-state index in [1.54, 1.807) is 0 Å². The van der Waals surface area contributed by atoms with Crippen LogP contribution in [-0.4, -0.2) is 11.6 Å². The molecule has 0 aliphatic heterocycles. The third-order valence-corrected chi connectivity index (χ3v) is 5.60. The highest BCUT2D eigenvalue weighted by atomic mass is 16.1. The lowest BCUT2D eigenvalue weighted by molar-refractivity contribution is 0.0974. The zero-order valence-electron chi connectivity index (χ0n) is 17.1. The summed E-state index contributed by atoms with van der Waals surface area (Å²) >= 11 is 0. The Balaban J connectivity index is 1.60. The number of carbonyl (C=O) groups excluding carboxylic acids is 2. The Morgan fingerprint density at radius 2 is 0.933 bits per heavy atom. The molecule has 2 nitrogen and oxygen atoms in total. The van der Waals surface area contributed by atoms with Crippen LogP contribution in [0.15, 0.2) is 84.9 Å². The van der Waals surface area contributed by atoms with Crippen molar-refractivity contribution < 1.29 is 9.59 Å². The number of hydrogen-bond donors (Lipinski definition) is 0. The van der Waals surface area contributed by atoms with E-state index in [4.69, 9.17) is 0 Å². The van der Waals surface area contributed by atoms with Gasteiger partial charge in [-0.05, 0) is 47.9 Å². The van der Waals surface area contributed by atoms with Crippen LogP contribution in [0.5, 0.6) is 0 Å². The van der Waals surface area contributed by atoms with Gasteiger partial charge < -0.3 is 0 Å². The molecular weight excluding hydrogens is 368 g/mol. The number of hydrogen-bond acceptors (Lipinski definition) is 2. The van der Waals surface area contributed by atoms with E-state index in [2.05, 4.69) is 48.5 Å². The summed E-state index contributed by atoms with van der Waals surface area (Å²) in [6, 6.07) is 24.6. The second-order valence-electron chi connectivity index (χ2n) is 7.96. The SMILES string of the molecule is O=C1CC/C=C\CCC(=O)c2ccc(cc2)Cc2cccc(c2)Cc2ccc1cc2. The van der Waals surface area contributed by atoms with Crippen molar-refractivity contribution in [3.05, 3.63) is 118 Å².